The number of carbonyl (C=O) groups is 1. The highest BCUT2D eigenvalue weighted by atomic mass is 32.2. The Hall–Kier alpha value is -0.783. The number of thioether (sulfide) groups is 1. The summed E-state index contributed by atoms with van der Waals surface area (Å²) >= 11 is 1.70. The third-order valence-electron chi connectivity index (χ3n) is 4.33. The van der Waals surface area contributed by atoms with Crippen molar-refractivity contribution in [3.63, 3.8) is 0 Å². The van der Waals surface area contributed by atoms with E-state index in [1.54, 1.807) is 11.8 Å². The number of carbonyl (C=O) groups excluding carboxylic acids is 1. The molecule has 0 N–H and O–H groups in total. The number of methoxy groups -OCH3 is 1. The zero-order valence-electron chi connectivity index (χ0n) is 15.4. The van der Waals surface area contributed by atoms with Crippen molar-refractivity contribution in [2.75, 3.05) is 7.11 Å². The van der Waals surface area contributed by atoms with Gasteiger partial charge in [0.2, 0.25) is 0 Å². The van der Waals surface area contributed by atoms with Crippen LogP contribution in [0.4, 0.5) is 0 Å². The molecule has 3 nitrogen and oxygen atoms in total. The molecule has 5 heteroatoms. The second-order valence-corrected chi connectivity index (χ2v) is 13.3. The number of esters is 1. The van der Waals surface area contributed by atoms with Crippen LogP contribution in [-0.2, 0) is 14.0 Å². The number of hydrogen-bond donors (Lipinski definition) is 0. The average Bonchev–Trinajstić information content (AvgIpc) is 2.45. The molecule has 130 valence electrons. The van der Waals surface area contributed by atoms with Crippen LogP contribution in [0, 0.1) is 6.92 Å². The maximum absolute atomic E-state index is 11.5. The number of hydrogen-bond acceptors (Lipinski definition) is 4. The molecule has 0 saturated carbocycles. The summed E-state index contributed by atoms with van der Waals surface area (Å²) in [6, 6.07) is 8.43. The highest BCUT2D eigenvalue weighted by Crippen LogP contribution is 2.40. The molecule has 0 spiro atoms. The van der Waals surface area contributed by atoms with Crippen molar-refractivity contribution < 1.29 is 14.0 Å². The smallest absolute Gasteiger partial charge is 0.305 e. The van der Waals surface area contributed by atoms with Gasteiger partial charge in [0.25, 0.3) is 0 Å². The normalized spacial score (nSPS) is 13.7. The first-order valence-electron chi connectivity index (χ1n) is 8.03. The first kappa shape index (κ1) is 20.3. The molecule has 0 aliphatic rings. The van der Waals surface area contributed by atoms with Gasteiger partial charge in [-0.25, -0.2) is 0 Å². The zero-order valence-corrected chi connectivity index (χ0v) is 17.3. The summed E-state index contributed by atoms with van der Waals surface area (Å²) < 4.78 is 11.3. The summed E-state index contributed by atoms with van der Waals surface area (Å²) in [4.78, 5) is 12.7. The number of ether oxygens (including phenoxy) is 1. The predicted octanol–water partition coefficient (Wildman–Crippen LogP) is 5.39. The Labute approximate surface area is 146 Å². The van der Waals surface area contributed by atoms with Gasteiger partial charge in [0.1, 0.15) is 0 Å². The van der Waals surface area contributed by atoms with E-state index in [0.717, 1.165) is 0 Å². The molecule has 0 heterocycles. The molecule has 1 aromatic rings. The molecule has 23 heavy (non-hydrogen) atoms. The summed E-state index contributed by atoms with van der Waals surface area (Å²) in [6.07, 6.45) is 1.05. The van der Waals surface area contributed by atoms with Crippen LogP contribution >= 0.6 is 11.8 Å². The zero-order chi connectivity index (χ0) is 17.7. The van der Waals surface area contributed by atoms with Crippen molar-refractivity contribution in [1.82, 2.24) is 0 Å². The average molecular weight is 355 g/mol. The van der Waals surface area contributed by atoms with Crippen LogP contribution in [0.3, 0.4) is 0 Å². The summed E-state index contributed by atoms with van der Waals surface area (Å²) in [7, 11) is -0.458. The van der Waals surface area contributed by atoms with Gasteiger partial charge in [-0.1, -0.05) is 50.2 Å². The fraction of sp³-hybridized carbons (Fsp3) is 0.611. The predicted molar refractivity (Wildman–Crippen MR) is 100 cm³/mol. The van der Waals surface area contributed by atoms with Crippen LogP contribution in [0.25, 0.3) is 0 Å². The highest BCUT2D eigenvalue weighted by molar-refractivity contribution is 7.99. The summed E-state index contributed by atoms with van der Waals surface area (Å²) in [5, 5.41) is 0.143. The minimum atomic E-state index is -1.89. The second kappa shape index (κ2) is 8.35. The SMILES string of the molecule is COC(=O)CC[C@H](O[Si](C)(C)C(C)(C)C)Sc1ccc(C)cc1. The minimum absolute atomic E-state index is 0.0299. The van der Waals surface area contributed by atoms with Crippen molar-refractivity contribution in [1.29, 1.82) is 0 Å². The van der Waals surface area contributed by atoms with Gasteiger partial charge in [0.15, 0.2) is 8.32 Å². The third kappa shape index (κ3) is 6.69. The van der Waals surface area contributed by atoms with Crippen molar-refractivity contribution in [3.8, 4) is 0 Å². The van der Waals surface area contributed by atoms with Gasteiger partial charge < -0.3 is 9.16 Å². The molecular weight excluding hydrogens is 324 g/mol. The van der Waals surface area contributed by atoms with E-state index in [1.807, 2.05) is 0 Å². The highest BCUT2D eigenvalue weighted by Gasteiger charge is 2.39. The van der Waals surface area contributed by atoms with Gasteiger partial charge in [0, 0.05) is 11.3 Å². The first-order chi connectivity index (χ1) is 10.5. The quantitative estimate of drug-likeness (QED) is 0.285. The molecule has 0 radical (unpaired) electrons. The fourth-order valence-corrected chi connectivity index (χ4v) is 4.63. The fourth-order valence-electron chi connectivity index (χ4n) is 1.75. The molecule has 0 bridgehead atoms. The van der Waals surface area contributed by atoms with Gasteiger partial charge in [-0.2, -0.15) is 0 Å². The van der Waals surface area contributed by atoms with E-state index < -0.39 is 8.32 Å². The number of aryl methyl sites for hydroxylation is 1. The monoisotopic (exact) mass is 354 g/mol. The van der Waals surface area contributed by atoms with Crippen LogP contribution in [0.2, 0.25) is 18.1 Å². The maximum Gasteiger partial charge on any atom is 0.305 e. The second-order valence-electron chi connectivity index (χ2n) is 7.35. The summed E-state index contributed by atoms with van der Waals surface area (Å²) in [5.41, 5.74) is 1.21. The lowest BCUT2D eigenvalue weighted by Crippen LogP contribution is -2.43. The Balaban J connectivity index is 2.83. The molecule has 1 rings (SSSR count). The third-order valence-corrected chi connectivity index (χ3v) is 10.1. The largest absolute Gasteiger partial charge is 0.469 e. The van der Waals surface area contributed by atoms with Crippen molar-refractivity contribution in [2.45, 2.75) is 69.0 Å². The Morgan fingerprint density at radius 2 is 1.78 bits per heavy atom. The maximum atomic E-state index is 11.5. The van der Waals surface area contributed by atoms with Crippen LogP contribution < -0.4 is 0 Å². The lowest BCUT2D eigenvalue weighted by Gasteiger charge is -2.39. The molecule has 0 aliphatic carbocycles. The molecular formula is C18H30O3SSi. The lowest BCUT2D eigenvalue weighted by molar-refractivity contribution is -0.140. The van der Waals surface area contributed by atoms with Gasteiger partial charge in [-0.3, -0.25) is 4.79 Å². The van der Waals surface area contributed by atoms with E-state index in [-0.39, 0.29) is 16.4 Å². The van der Waals surface area contributed by atoms with E-state index in [9.17, 15) is 4.79 Å². The number of rotatable bonds is 7. The molecule has 1 aromatic carbocycles. The summed E-state index contributed by atoms with van der Waals surface area (Å²) in [6.45, 7) is 13.3. The van der Waals surface area contributed by atoms with E-state index >= 15 is 0 Å². The Kier molecular flexibility index (Phi) is 7.36. The van der Waals surface area contributed by atoms with Crippen LogP contribution in [0.5, 0.6) is 0 Å². The van der Waals surface area contributed by atoms with Gasteiger partial charge >= 0.3 is 5.97 Å². The molecule has 0 fully saturated rings. The molecule has 0 aromatic heterocycles. The molecule has 0 unspecified atom stereocenters. The Morgan fingerprint density at radius 3 is 2.26 bits per heavy atom. The van der Waals surface area contributed by atoms with Crippen molar-refractivity contribution in [2.24, 2.45) is 0 Å². The molecule has 0 amide bonds. The molecule has 0 saturated heterocycles. The Morgan fingerprint density at radius 1 is 1.22 bits per heavy atom. The van der Waals surface area contributed by atoms with Crippen LogP contribution in [0.15, 0.2) is 29.2 Å². The van der Waals surface area contributed by atoms with Gasteiger partial charge in [-0.05, 0) is 43.6 Å². The molecule has 0 aliphatic heterocycles. The first-order valence-corrected chi connectivity index (χ1v) is 11.8. The van der Waals surface area contributed by atoms with Gasteiger partial charge in [0.05, 0.1) is 12.5 Å². The van der Waals surface area contributed by atoms with Gasteiger partial charge in [-0.15, -0.1) is 0 Å². The van der Waals surface area contributed by atoms with Crippen LogP contribution in [0.1, 0.15) is 39.2 Å². The van der Waals surface area contributed by atoms with Crippen LogP contribution in [-0.4, -0.2) is 26.8 Å². The number of benzene rings is 1. The topological polar surface area (TPSA) is 35.5 Å². The minimum Gasteiger partial charge on any atom is -0.469 e. The Bertz CT molecular complexity index is 506. The molecule has 1 atom stereocenters. The van der Waals surface area contributed by atoms with E-state index in [2.05, 4.69) is 65.1 Å². The lowest BCUT2D eigenvalue weighted by atomic mass is 10.2. The van der Waals surface area contributed by atoms with E-state index in [0.29, 0.717) is 12.8 Å². The van der Waals surface area contributed by atoms with Crippen molar-refractivity contribution >= 4 is 26.0 Å². The van der Waals surface area contributed by atoms with E-state index in [4.69, 9.17) is 9.16 Å². The van der Waals surface area contributed by atoms with Crippen molar-refractivity contribution in [3.05, 3.63) is 29.8 Å². The summed E-state index contributed by atoms with van der Waals surface area (Å²) in [5.74, 6) is -0.182. The van der Waals surface area contributed by atoms with E-state index in [1.165, 1.54) is 17.6 Å². The standard InChI is InChI=1S/C18H30O3SSi/c1-14-8-10-15(11-9-14)22-17(13-12-16(19)20-5)21-23(6,7)18(2,3)4/h8-11,17H,12-13H2,1-7H3/t17-/m1/s1.